The van der Waals surface area contributed by atoms with E-state index in [4.69, 9.17) is 10.00 Å². The van der Waals surface area contributed by atoms with Crippen molar-refractivity contribution in [2.45, 2.75) is 45.2 Å². The molecular formula is C24H29N3O2. The summed E-state index contributed by atoms with van der Waals surface area (Å²) in [6.07, 6.45) is 4.71. The number of likely N-dealkylation sites (tertiary alicyclic amines) is 1. The van der Waals surface area contributed by atoms with E-state index in [1.54, 1.807) is 0 Å². The third kappa shape index (κ3) is 6.62. The molecule has 1 amide bonds. The van der Waals surface area contributed by atoms with Gasteiger partial charge in [0.15, 0.2) is 0 Å². The van der Waals surface area contributed by atoms with Crippen molar-refractivity contribution >= 4 is 5.91 Å². The molecule has 3 rings (SSSR count). The minimum Gasteiger partial charge on any atom is -0.494 e. The molecule has 0 saturated carbocycles. The highest BCUT2D eigenvalue weighted by Gasteiger charge is 2.17. The molecule has 1 aliphatic heterocycles. The summed E-state index contributed by atoms with van der Waals surface area (Å²) < 4.78 is 5.68. The van der Waals surface area contributed by atoms with Crippen molar-refractivity contribution < 1.29 is 9.53 Å². The van der Waals surface area contributed by atoms with Crippen molar-refractivity contribution in [1.29, 1.82) is 5.26 Å². The fraction of sp³-hybridized carbons (Fsp3) is 0.417. The first-order valence-corrected chi connectivity index (χ1v) is 10.4. The Morgan fingerprint density at radius 2 is 1.79 bits per heavy atom. The Kier molecular flexibility index (Phi) is 8.09. The third-order valence-electron chi connectivity index (χ3n) is 5.10. The fourth-order valence-corrected chi connectivity index (χ4v) is 3.48. The SMILES string of the molecule is N#CCCCOc1cccc(CNCc2ccc(C(=O)N3CCCCC3)cc2)c1. The zero-order valence-electron chi connectivity index (χ0n) is 16.9. The highest BCUT2D eigenvalue weighted by Crippen LogP contribution is 2.15. The Labute approximate surface area is 173 Å². The summed E-state index contributed by atoms with van der Waals surface area (Å²) in [6, 6.07) is 18.1. The maximum atomic E-state index is 12.5. The van der Waals surface area contributed by atoms with Gasteiger partial charge in [-0.2, -0.15) is 5.26 Å². The summed E-state index contributed by atoms with van der Waals surface area (Å²) >= 11 is 0. The van der Waals surface area contributed by atoms with Gasteiger partial charge >= 0.3 is 0 Å². The molecule has 1 heterocycles. The van der Waals surface area contributed by atoms with E-state index in [-0.39, 0.29) is 5.91 Å². The highest BCUT2D eigenvalue weighted by molar-refractivity contribution is 5.94. The van der Waals surface area contributed by atoms with Crippen molar-refractivity contribution in [1.82, 2.24) is 10.2 Å². The minimum absolute atomic E-state index is 0.149. The molecule has 1 N–H and O–H groups in total. The van der Waals surface area contributed by atoms with Crippen molar-refractivity contribution in [3.8, 4) is 11.8 Å². The van der Waals surface area contributed by atoms with Crippen LogP contribution in [0.4, 0.5) is 0 Å². The number of hydrogen-bond acceptors (Lipinski definition) is 4. The first-order valence-electron chi connectivity index (χ1n) is 10.4. The summed E-state index contributed by atoms with van der Waals surface area (Å²) in [5, 5.41) is 12.0. The van der Waals surface area contributed by atoms with Gasteiger partial charge in [0.2, 0.25) is 0 Å². The summed E-state index contributed by atoms with van der Waals surface area (Å²) in [4.78, 5) is 14.5. The smallest absolute Gasteiger partial charge is 0.253 e. The Bertz CT molecular complexity index is 821. The van der Waals surface area contributed by atoms with E-state index >= 15 is 0 Å². The molecule has 0 spiro atoms. The minimum atomic E-state index is 0.149. The monoisotopic (exact) mass is 391 g/mol. The van der Waals surface area contributed by atoms with Gasteiger partial charge in [-0.25, -0.2) is 0 Å². The van der Waals surface area contributed by atoms with Crippen LogP contribution in [0, 0.1) is 11.3 Å². The van der Waals surface area contributed by atoms with Crippen LogP contribution in [0.2, 0.25) is 0 Å². The second kappa shape index (κ2) is 11.2. The average molecular weight is 392 g/mol. The molecule has 0 aromatic heterocycles. The number of unbranched alkanes of at least 4 members (excludes halogenated alkanes) is 1. The number of carbonyl (C=O) groups is 1. The van der Waals surface area contributed by atoms with Crippen LogP contribution < -0.4 is 10.1 Å². The molecule has 0 bridgehead atoms. The average Bonchev–Trinajstić information content (AvgIpc) is 2.78. The number of nitrogens with one attached hydrogen (secondary N) is 1. The van der Waals surface area contributed by atoms with E-state index in [0.717, 1.165) is 67.9 Å². The predicted molar refractivity (Wildman–Crippen MR) is 114 cm³/mol. The van der Waals surface area contributed by atoms with Crippen LogP contribution in [-0.4, -0.2) is 30.5 Å². The molecule has 0 radical (unpaired) electrons. The highest BCUT2D eigenvalue weighted by atomic mass is 16.5. The normalized spacial score (nSPS) is 13.7. The number of benzene rings is 2. The van der Waals surface area contributed by atoms with E-state index < -0.39 is 0 Å². The van der Waals surface area contributed by atoms with Gasteiger partial charge in [0.05, 0.1) is 12.7 Å². The molecule has 1 fully saturated rings. The number of nitrogens with zero attached hydrogens (tertiary/aromatic N) is 2. The molecule has 5 heteroatoms. The van der Waals surface area contributed by atoms with Crippen molar-refractivity contribution in [3.05, 3.63) is 65.2 Å². The number of piperidine rings is 1. The number of carbonyl (C=O) groups excluding carboxylic acids is 1. The van der Waals surface area contributed by atoms with Crippen LogP contribution in [0.5, 0.6) is 5.75 Å². The van der Waals surface area contributed by atoms with E-state index in [1.807, 2.05) is 47.4 Å². The Morgan fingerprint density at radius 1 is 1.03 bits per heavy atom. The van der Waals surface area contributed by atoms with Gasteiger partial charge in [0.25, 0.3) is 5.91 Å². The standard InChI is InChI=1S/C24H29N3O2/c25-13-2-5-16-29-23-8-6-7-21(17-23)19-26-18-20-9-11-22(12-10-20)24(28)27-14-3-1-4-15-27/h6-12,17,26H,1-5,14-16,18-19H2. The zero-order valence-corrected chi connectivity index (χ0v) is 16.9. The second-order valence-corrected chi connectivity index (χ2v) is 7.41. The Balaban J connectivity index is 1.44. The maximum absolute atomic E-state index is 12.5. The molecule has 0 atom stereocenters. The van der Waals surface area contributed by atoms with E-state index in [9.17, 15) is 4.79 Å². The summed E-state index contributed by atoms with van der Waals surface area (Å²) in [6.45, 7) is 3.80. The van der Waals surface area contributed by atoms with Gasteiger partial charge in [-0.1, -0.05) is 24.3 Å². The lowest BCUT2D eigenvalue weighted by Crippen LogP contribution is -2.35. The topological polar surface area (TPSA) is 65.4 Å². The number of amides is 1. The van der Waals surface area contributed by atoms with Crippen LogP contribution in [-0.2, 0) is 13.1 Å². The second-order valence-electron chi connectivity index (χ2n) is 7.41. The fourth-order valence-electron chi connectivity index (χ4n) is 3.48. The van der Waals surface area contributed by atoms with E-state index in [2.05, 4.69) is 17.5 Å². The molecule has 0 aliphatic carbocycles. The van der Waals surface area contributed by atoms with Gasteiger partial charge < -0.3 is 15.0 Å². The van der Waals surface area contributed by atoms with Gasteiger partial charge in [-0.05, 0) is 61.1 Å². The molecule has 5 nitrogen and oxygen atoms in total. The molecule has 1 saturated heterocycles. The van der Waals surface area contributed by atoms with Crippen LogP contribution in [0.15, 0.2) is 48.5 Å². The summed E-state index contributed by atoms with van der Waals surface area (Å²) in [5.74, 6) is 0.985. The molecule has 1 aliphatic rings. The number of hydrogen-bond donors (Lipinski definition) is 1. The van der Waals surface area contributed by atoms with Crippen molar-refractivity contribution in [2.75, 3.05) is 19.7 Å². The molecular weight excluding hydrogens is 362 g/mol. The first-order chi connectivity index (χ1) is 14.3. The van der Waals surface area contributed by atoms with E-state index in [0.29, 0.717) is 13.0 Å². The zero-order chi connectivity index (χ0) is 20.3. The van der Waals surface area contributed by atoms with Gasteiger partial charge in [0.1, 0.15) is 5.75 Å². The lowest BCUT2D eigenvalue weighted by molar-refractivity contribution is 0.0724. The van der Waals surface area contributed by atoms with Crippen molar-refractivity contribution in [2.24, 2.45) is 0 Å². The van der Waals surface area contributed by atoms with Crippen LogP contribution in [0.25, 0.3) is 0 Å². The largest absolute Gasteiger partial charge is 0.494 e. The third-order valence-corrected chi connectivity index (χ3v) is 5.10. The predicted octanol–water partition coefficient (Wildman–Crippen LogP) is 4.29. The molecule has 29 heavy (non-hydrogen) atoms. The van der Waals surface area contributed by atoms with Crippen molar-refractivity contribution in [3.63, 3.8) is 0 Å². The number of nitriles is 1. The summed E-state index contributed by atoms with van der Waals surface area (Å²) in [5.41, 5.74) is 3.08. The van der Waals surface area contributed by atoms with Gasteiger partial charge in [-0.3, -0.25) is 4.79 Å². The number of ether oxygens (including phenoxy) is 1. The molecule has 2 aromatic carbocycles. The lowest BCUT2D eigenvalue weighted by atomic mass is 10.1. The van der Waals surface area contributed by atoms with E-state index in [1.165, 1.54) is 6.42 Å². The van der Waals surface area contributed by atoms with Gasteiger partial charge in [-0.15, -0.1) is 0 Å². The maximum Gasteiger partial charge on any atom is 0.253 e. The van der Waals surface area contributed by atoms with Crippen LogP contribution in [0.1, 0.15) is 53.6 Å². The van der Waals surface area contributed by atoms with Crippen LogP contribution in [0.3, 0.4) is 0 Å². The Morgan fingerprint density at radius 3 is 2.55 bits per heavy atom. The first kappa shape index (κ1) is 20.9. The summed E-state index contributed by atoms with van der Waals surface area (Å²) in [7, 11) is 0. The molecule has 2 aromatic rings. The van der Waals surface area contributed by atoms with Gasteiger partial charge in [0, 0.05) is 38.2 Å². The lowest BCUT2D eigenvalue weighted by Gasteiger charge is -2.26. The molecule has 0 unspecified atom stereocenters. The van der Waals surface area contributed by atoms with Crippen LogP contribution >= 0.6 is 0 Å². The number of rotatable bonds is 9. The quantitative estimate of drug-likeness (QED) is 0.648. The Hall–Kier alpha value is -2.84. The molecule has 152 valence electrons.